The van der Waals surface area contributed by atoms with Crippen LogP contribution in [0.5, 0.6) is 0 Å². The molecule has 46 heavy (non-hydrogen) atoms. The fraction of sp³-hybridized carbons (Fsp3) is 0.684. The molecule has 0 saturated heterocycles. The Hall–Kier alpha value is -2.45. The number of nitrogens with one attached hydrogen (secondary N) is 1. The first-order valence-electron chi connectivity index (χ1n) is 16.3. The van der Waals surface area contributed by atoms with Crippen molar-refractivity contribution in [1.82, 2.24) is 4.72 Å². The number of oxime groups is 1. The van der Waals surface area contributed by atoms with Gasteiger partial charge in [0.15, 0.2) is 0 Å². The van der Waals surface area contributed by atoms with Gasteiger partial charge < -0.3 is 9.57 Å². The molecule has 0 atom stereocenters. The number of ether oxygens (including phenoxy) is 1. The van der Waals surface area contributed by atoms with E-state index in [1.807, 2.05) is 65.8 Å². The number of hydrogen-bond donors (Lipinski definition) is 1. The Bertz CT molecular complexity index is 1230. The molecule has 4 rings (SSSR count). The van der Waals surface area contributed by atoms with Gasteiger partial charge in [0.1, 0.15) is 12.2 Å². The third kappa shape index (κ3) is 19.3. The predicted octanol–water partition coefficient (Wildman–Crippen LogP) is 10.2. The number of hydrogen-bond acceptors (Lipinski definition) is 6. The van der Waals surface area contributed by atoms with E-state index in [2.05, 4.69) is 62.7 Å². The Morgan fingerprint density at radius 3 is 1.85 bits per heavy atom. The molecule has 2 aromatic rings. The van der Waals surface area contributed by atoms with Crippen LogP contribution in [0.15, 0.2) is 47.6 Å². The van der Waals surface area contributed by atoms with Crippen LogP contribution in [0.3, 0.4) is 0 Å². The van der Waals surface area contributed by atoms with Gasteiger partial charge in [-0.1, -0.05) is 111 Å². The first kappa shape index (κ1) is 45.7. The van der Waals surface area contributed by atoms with Gasteiger partial charge in [-0.3, -0.25) is 4.79 Å². The van der Waals surface area contributed by atoms with Crippen LogP contribution in [0.2, 0.25) is 0 Å². The van der Waals surface area contributed by atoms with Crippen LogP contribution in [0, 0.1) is 17.3 Å². The predicted molar refractivity (Wildman–Crippen MR) is 199 cm³/mol. The van der Waals surface area contributed by atoms with Gasteiger partial charge in [0.05, 0.1) is 17.4 Å². The third-order valence-electron chi connectivity index (χ3n) is 7.44. The number of rotatable bonds is 8. The molecule has 2 aliphatic carbocycles. The molecule has 2 aliphatic rings. The van der Waals surface area contributed by atoms with Gasteiger partial charge in [-0.25, -0.2) is 13.1 Å². The minimum absolute atomic E-state index is 0. The van der Waals surface area contributed by atoms with Crippen LogP contribution in [-0.4, -0.2) is 44.1 Å². The van der Waals surface area contributed by atoms with Crippen LogP contribution < -0.4 is 4.72 Å². The average Bonchev–Trinajstić information content (AvgIpc) is 3.67. The van der Waals surface area contributed by atoms with Crippen molar-refractivity contribution in [1.29, 1.82) is 0 Å². The molecule has 0 aromatic heterocycles. The number of carbonyl (C=O) groups excluding carboxylic acids is 1. The standard InChI is InChI=1S/C14H15NO.C9H16O2.C7H16.C6H13NO2S.2CH4/c1-11(2)16-15-10-13-8-5-7-12-6-3-4-9-14(12)13;1-7(2)9(10)11-8-5-3-4-6-8;1-6(2)7(3,4)5;1-5(2)7-10(8,9)6-3-4-6;;/h3-11H,1-2H3;7-8H,3-6H2,1-2H3;6H,1-5H3;5-7H,3-4H2,1-2H3;2*1H4/b15-10+;;;;;. The number of esters is 1. The molecule has 7 nitrogen and oxygen atoms in total. The lowest BCUT2D eigenvalue weighted by atomic mass is 9.84. The fourth-order valence-electron chi connectivity index (χ4n) is 3.68. The van der Waals surface area contributed by atoms with E-state index in [0.717, 1.165) is 37.2 Å². The molecule has 266 valence electrons. The number of carbonyl (C=O) groups is 1. The second-order valence-corrected chi connectivity index (χ2v) is 16.0. The summed E-state index contributed by atoms with van der Waals surface area (Å²) in [5, 5.41) is 6.29. The van der Waals surface area contributed by atoms with Gasteiger partial charge in [0, 0.05) is 11.6 Å². The van der Waals surface area contributed by atoms with Crippen LogP contribution in [0.4, 0.5) is 0 Å². The minimum atomic E-state index is -2.94. The Kier molecular flexibility index (Phi) is 22.0. The lowest BCUT2D eigenvalue weighted by molar-refractivity contribution is -0.152. The zero-order chi connectivity index (χ0) is 33.5. The average molecular weight is 665 g/mol. The first-order valence-corrected chi connectivity index (χ1v) is 17.9. The molecule has 0 spiro atoms. The Morgan fingerprint density at radius 1 is 0.870 bits per heavy atom. The number of benzene rings is 2. The van der Waals surface area contributed by atoms with Crippen molar-refractivity contribution in [3.63, 3.8) is 0 Å². The molecule has 0 heterocycles. The zero-order valence-corrected chi connectivity index (χ0v) is 30.0. The van der Waals surface area contributed by atoms with Crippen molar-refractivity contribution in [3.8, 4) is 0 Å². The van der Waals surface area contributed by atoms with E-state index in [9.17, 15) is 13.2 Å². The van der Waals surface area contributed by atoms with Crippen molar-refractivity contribution >= 4 is 33.0 Å². The van der Waals surface area contributed by atoms with Crippen molar-refractivity contribution in [2.45, 2.75) is 153 Å². The summed E-state index contributed by atoms with van der Waals surface area (Å²) in [6, 6.07) is 14.4. The largest absolute Gasteiger partial charge is 0.462 e. The number of nitrogens with zero attached hydrogens (tertiary/aromatic N) is 1. The smallest absolute Gasteiger partial charge is 0.308 e. The third-order valence-corrected chi connectivity index (χ3v) is 9.59. The summed E-state index contributed by atoms with van der Waals surface area (Å²) in [7, 11) is -2.94. The molecule has 1 N–H and O–H groups in total. The summed E-state index contributed by atoms with van der Waals surface area (Å²) >= 11 is 0. The fourth-order valence-corrected chi connectivity index (χ4v) is 5.29. The summed E-state index contributed by atoms with van der Waals surface area (Å²) in [5.74, 6) is 0.778. The topological polar surface area (TPSA) is 94.1 Å². The molecule has 0 radical (unpaired) electrons. The molecular formula is C38H68N2O5S. The normalized spacial score (nSPS) is 14.8. The molecule has 0 bridgehead atoms. The molecule has 2 aromatic carbocycles. The quantitative estimate of drug-likeness (QED) is 0.172. The molecule has 2 fully saturated rings. The molecule has 0 amide bonds. The van der Waals surface area contributed by atoms with Gasteiger partial charge in [0.25, 0.3) is 0 Å². The summed E-state index contributed by atoms with van der Waals surface area (Å²) in [6.45, 7) is 22.6. The molecular weight excluding hydrogens is 596 g/mol. The maximum absolute atomic E-state index is 11.1. The Labute approximate surface area is 283 Å². The molecule has 0 aliphatic heterocycles. The minimum Gasteiger partial charge on any atom is -0.462 e. The summed E-state index contributed by atoms with van der Waals surface area (Å²) in [6.07, 6.45) is 8.35. The second-order valence-electron chi connectivity index (χ2n) is 14.0. The monoisotopic (exact) mass is 664 g/mol. The molecule has 8 heteroatoms. The van der Waals surface area contributed by atoms with Gasteiger partial charge in [-0.2, -0.15) is 0 Å². The number of fused-ring (bicyclic) bond motifs is 1. The van der Waals surface area contributed by atoms with E-state index in [1.165, 1.54) is 23.6 Å². The Morgan fingerprint density at radius 2 is 1.39 bits per heavy atom. The van der Waals surface area contributed by atoms with Crippen LogP contribution in [-0.2, 0) is 24.4 Å². The van der Waals surface area contributed by atoms with Crippen molar-refractivity contribution in [2.24, 2.45) is 22.4 Å². The van der Waals surface area contributed by atoms with E-state index >= 15 is 0 Å². The highest BCUT2D eigenvalue weighted by Crippen LogP contribution is 2.27. The van der Waals surface area contributed by atoms with E-state index in [4.69, 9.17) is 9.57 Å². The molecule has 0 unspecified atom stereocenters. The van der Waals surface area contributed by atoms with Crippen LogP contribution in [0.1, 0.15) is 135 Å². The second kappa shape index (κ2) is 22.2. The SMILES string of the molecule is C.C.CC(C)C(=O)OC1CCCC1.CC(C)C(C)(C)C.CC(C)NS(=O)(=O)C1CC1.CC(C)O/N=C/c1cccc2ccccc12. The number of sulfonamides is 1. The first-order chi connectivity index (χ1) is 20.4. The highest BCUT2D eigenvalue weighted by Gasteiger charge is 2.35. The van der Waals surface area contributed by atoms with E-state index in [0.29, 0.717) is 5.41 Å². The zero-order valence-electron chi connectivity index (χ0n) is 29.2. The van der Waals surface area contributed by atoms with Crippen molar-refractivity contribution in [2.75, 3.05) is 0 Å². The van der Waals surface area contributed by atoms with Gasteiger partial charge in [-0.15, -0.1) is 0 Å². The van der Waals surface area contributed by atoms with E-state index in [1.54, 1.807) is 6.21 Å². The van der Waals surface area contributed by atoms with Crippen molar-refractivity contribution in [3.05, 3.63) is 48.0 Å². The maximum Gasteiger partial charge on any atom is 0.308 e. The summed E-state index contributed by atoms with van der Waals surface area (Å²) in [5.41, 5.74) is 1.58. The van der Waals surface area contributed by atoms with Gasteiger partial charge in [0.2, 0.25) is 10.0 Å². The van der Waals surface area contributed by atoms with Crippen LogP contribution in [0.25, 0.3) is 10.8 Å². The van der Waals surface area contributed by atoms with Gasteiger partial charge in [-0.05, 0) is 88.3 Å². The Balaban J connectivity index is 0. The lowest BCUT2D eigenvalue weighted by Crippen LogP contribution is -2.32. The van der Waals surface area contributed by atoms with Crippen LogP contribution >= 0.6 is 0 Å². The summed E-state index contributed by atoms with van der Waals surface area (Å²) in [4.78, 5) is 16.2. The summed E-state index contributed by atoms with van der Waals surface area (Å²) < 4.78 is 30.0. The highest BCUT2D eigenvalue weighted by molar-refractivity contribution is 7.90. The lowest BCUT2D eigenvalue weighted by Gasteiger charge is -2.22. The molecule has 2 saturated carbocycles. The van der Waals surface area contributed by atoms with Gasteiger partial charge >= 0.3 is 5.97 Å². The maximum atomic E-state index is 11.1. The van der Waals surface area contributed by atoms with E-state index in [-0.39, 0.29) is 50.2 Å². The van der Waals surface area contributed by atoms with Crippen molar-refractivity contribution < 1.29 is 22.8 Å². The highest BCUT2D eigenvalue weighted by atomic mass is 32.2. The van der Waals surface area contributed by atoms with E-state index < -0.39 is 10.0 Å².